The quantitative estimate of drug-likeness (QED) is 0.777. The summed E-state index contributed by atoms with van der Waals surface area (Å²) >= 11 is 2.10. The topological polar surface area (TPSA) is 21.3 Å². The molecule has 0 amide bonds. The molecule has 2 nitrogen and oxygen atoms in total. The van der Waals surface area contributed by atoms with E-state index in [4.69, 9.17) is 4.74 Å². The second-order valence-corrected chi connectivity index (χ2v) is 5.68. The number of piperidine rings is 1. The van der Waals surface area contributed by atoms with Crippen molar-refractivity contribution in [3.63, 3.8) is 0 Å². The molecule has 82 valence electrons. The molecule has 14 heavy (non-hydrogen) atoms. The van der Waals surface area contributed by atoms with E-state index < -0.39 is 0 Å². The predicted molar refractivity (Wildman–Crippen MR) is 61.9 cm³/mol. The van der Waals surface area contributed by atoms with Crippen molar-refractivity contribution in [3.8, 4) is 0 Å². The van der Waals surface area contributed by atoms with Crippen LogP contribution in [0.5, 0.6) is 0 Å². The SMILES string of the molecule is COCC1(C2CCSC2)CCCCN1. The first-order valence-electron chi connectivity index (χ1n) is 5.69. The van der Waals surface area contributed by atoms with E-state index in [-0.39, 0.29) is 0 Å². The molecule has 0 aliphatic carbocycles. The average Bonchev–Trinajstić information content (AvgIpc) is 2.73. The van der Waals surface area contributed by atoms with Gasteiger partial charge in [0.25, 0.3) is 0 Å². The molecule has 0 aromatic rings. The fourth-order valence-electron chi connectivity index (χ4n) is 2.81. The van der Waals surface area contributed by atoms with Crippen LogP contribution < -0.4 is 5.32 Å². The minimum Gasteiger partial charge on any atom is -0.383 e. The normalized spacial score (nSPS) is 38.8. The Morgan fingerprint density at radius 1 is 1.50 bits per heavy atom. The van der Waals surface area contributed by atoms with E-state index in [0.29, 0.717) is 5.54 Å². The van der Waals surface area contributed by atoms with Crippen LogP contribution in [0, 0.1) is 5.92 Å². The van der Waals surface area contributed by atoms with Gasteiger partial charge in [-0.3, -0.25) is 0 Å². The molecule has 2 unspecified atom stereocenters. The first-order valence-corrected chi connectivity index (χ1v) is 6.84. The molecule has 2 rings (SSSR count). The van der Waals surface area contributed by atoms with Gasteiger partial charge >= 0.3 is 0 Å². The van der Waals surface area contributed by atoms with Gasteiger partial charge in [0, 0.05) is 12.6 Å². The molecule has 0 bridgehead atoms. The van der Waals surface area contributed by atoms with E-state index in [1.807, 2.05) is 7.11 Å². The van der Waals surface area contributed by atoms with Crippen molar-refractivity contribution in [3.05, 3.63) is 0 Å². The van der Waals surface area contributed by atoms with E-state index in [0.717, 1.165) is 12.5 Å². The lowest BCUT2D eigenvalue weighted by molar-refractivity contribution is 0.0554. The summed E-state index contributed by atoms with van der Waals surface area (Å²) in [6.07, 6.45) is 5.40. The molecular formula is C11H21NOS. The van der Waals surface area contributed by atoms with Crippen LogP contribution in [0.2, 0.25) is 0 Å². The summed E-state index contributed by atoms with van der Waals surface area (Å²) < 4.78 is 5.43. The minimum absolute atomic E-state index is 0.316. The first-order chi connectivity index (χ1) is 6.87. The summed E-state index contributed by atoms with van der Waals surface area (Å²) in [6.45, 7) is 2.09. The second kappa shape index (κ2) is 4.86. The van der Waals surface area contributed by atoms with E-state index in [2.05, 4.69) is 17.1 Å². The molecule has 1 N–H and O–H groups in total. The van der Waals surface area contributed by atoms with Gasteiger partial charge in [0.1, 0.15) is 0 Å². The third kappa shape index (κ3) is 2.10. The molecule has 2 saturated heterocycles. The average molecular weight is 215 g/mol. The van der Waals surface area contributed by atoms with Crippen LogP contribution in [-0.2, 0) is 4.74 Å². The first kappa shape index (κ1) is 10.8. The molecule has 2 fully saturated rings. The molecule has 0 radical (unpaired) electrons. The van der Waals surface area contributed by atoms with Gasteiger partial charge in [0.15, 0.2) is 0 Å². The zero-order valence-electron chi connectivity index (χ0n) is 9.05. The van der Waals surface area contributed by atoms with Gasteiger partial charge in [-0.25, -0.2) is 0 Å². The molecular weight excluding hydrogens is 194 g/mol. The number of thioether (sulfide) groups is 1. The molecule has 2 atom stereocenters. The fraction of sp³-hybridized carbons (Fsp3) is 1.00. The van der Waals surface area contributed by atoms with E-state index in [1.54, 1.807) is 0 Å². The molecule has 3 heteroatoms. The number of hydrogen-bond acceptors (Lipinski definition) is 3. The summed E-state index contributed by atoms with van der Waals surface area (Å²) in [4.78, 5) is 0. The minimum atomic E-state index is 0.316. The number of rotatable bonds is 3. The number of methoxy groups -OCH3 is 1. The standard InChI is InChI=1S/C11H21NOS/c1-13-9-11(5-2-3-6-12-11)10-4-7-14-8-10/h10,12H,2-9H2,1H3. The van der Waals surface area contributed by atoms with Crippen molar-refractivity contribution in [1.82, 2.24) is 5.32 Å². The van der Waals surface area contributed by atoms with Gasteiger partial charge in [-0.15, -0.1) is 0 Å². The number of hydrogen-bond donors (Lipinski definition) is 1. The molecule has 0 aromatic heterocycles. The highest BCUT2D eigenvalue weighted by Gasteiger charge is 2.40. The summed E-state index contributed by atoms with van der Waals surface area (Å²) in [5.41, 5.74) is 0.316. The van der Waals surface area contributed by atoms with Crippen LogP contribution in [0.3, 0.4) is 0 Å². The molecule has 2 heterocycles. The van der Waals surface area contributed by atoms with Crippen molar-refractivity contribution in [1.29, 1.82) is 0 Å². The Morgan fingerprint density at radius 3 is 3.00 bits per heavy atom. The Labute approximate surface area is 91.2 Å². The Kier molecular flexibility index (Phi) is 3.74. The van der Waals surface area contributed by atoms with Crippen molar-refractivity contribution in [2.75, 3.05) is 31.8 Å². The Balaban J connectivity index is 2.02. The van der Waals surface area contributed by atoms with Crippen LogP contribution in [0.25, 0.3) is 0 Å². The summed E-state index contributed by atoms with van der Waals surface area (Å²) in [5, 5.41) is 3.74. The summed E-state index contributed by atoms with van der Waals surface area (Å²) in [5.74, 6) is 3.52. The number of nitrogens with one attached hydrogen (secondary N) is 1. The highest BCUT2D eigenvalue weighted by molar-refractivity contribution is 7.99. The van der Waals surface area contributed by atoms with Crippen molar-refractivity contribution >= 4 is 11.8 Å². The van der Waals surface area contributed by atoms with Crippen molar-refractivity contribution < 1.29 is 4.74 Å². The highest BCUT2D eigenvalue weighted by Crippen LogP contribution is 2.37. The molecule has 2 aliphatic rings. The van der Waals surface area contributed by atoms with Crippen LogP contribution in [0.15, 0.2) is 0 Å². The smallest absolute Gasteiger partial charge is 0.0647 e. The molecule has 0 aromatic carbocycles. The predicted octanol–water partition coefficient (Wildman–Crippen LogP) is 1.90. The molecule has 0 saturated carbocycles. The zero-order valence-corrected chi connectivity index (χ0v) is 9.87. The molecule has 2 aliphatic heterocycles. The van der Waals surface area contributed by atoms with Crippen LogP contribution in [-0.4, -0.2) is 37.3 Å². The van der Waals surface area contributed by atoms with Crippen molar-refractivity contribution in [2.24, 2.45) is 5.92 Å². The second-order valence-electron chi connectivity index (χ2n) is 4.53. The van der Waals surface area contributed by atoms with E-state index in [9.17, 15) is 0 Å². The van der Waals surface area contributed by atoms with Gasteiger partial charge in [-0.1, -0.05) is 6.42 Å². The third-order valence-corrected chi connectivity index (χ3v) is 4.80. The maximum Gasteiger partial charge on any atom is 0.0647 e. The maximum absolute atomic E-state index is 5.43. The number of ether oxygens (including phenoxy) is 1. The van der Waals surface area contributed by atoms with E-state index in [1.165, 1.54) is 43.7 Å². The van der Waals surface area contributed by atoms with Gasteiger partial charge < -0.3 is 10.1 Å². The monoisotopic (exact) mass is 215 g/mol. The van der Waals surface area contributed by atoms with Gasteiger partial charge in [-0.05, 0) is 43.2 Å². The van der Waals surface area contributed by atoms with Gasteiger partial charge in [0.2, 0.25) is 0 Å². The lowest BCUT2D eigenvalue weighted by atomic mass is 9.78. The molecule has 0 spiro atoms. The van der Waals surface area contributed by atoms with Crippen LogP contribution in [0.1, 0.15) is 25.7 Å². The van der Waals surface area contributed by atoms with Gasteiger partial charge in [-0.2, -0.15) is 11.8 Å². The van der Waals surface area contributed by atoms with Crippen molar-refractivity contribution in [2.45, 2.75) is 31.2 Å². The largest absolute Gasteiger partial charge is 0.383 e. The third-order valence-electron chi connectivity index (χ3n) is 3.64. The summed E-state index contributed by atoms with van der Waals surface area (Å²) in [6, 6.07) is 0. The Hall–Kier alpha value is 0.270. The van der Waals surface area contributed by atoms with Crippen LogP contribution >= 0.6 is 11.8 Å². The lowest BCUT2D eigenvalue weighted by Gasteiger charge is -2.42. The zero-order chi connectivity index (χ0) is 9.86. The van der Waals surface area contributed by atoms with Gasteiger partial charge in [0.05, 0.1) is 6.61 Å². The Bertz CT molecular complexity index is 169. The maximum atomic E-state index is 5.43. The van der Waals surface area contributed by atoms with E-state index >= 15 is 0 Å². The summed E-state index contributed by atoms with van der Waals surface area (Å²) in [7, 11) is 1.83. The fourth-order valence-corrected chi connectivity index (χ4v) is 4.20. The Morgan fingerprint density at radius 2 is 2.43 bits per heavy atom. The highest BCUT2D eigenvalue weighted by atomic mass is 32.2. The van der Waals surface area contributed by atoms with Crippen LogP contribution in [0.4, 0.5) is 0 Å². The lowest BCUT2D eigenvalue weighted by Crippen LogP contribution is -2.57.